The summed E-state index contributed by atoms with van der Waals surface area (Å²) in [6, 6.07) is 25.1. The maximum Gasteiger partial charge on any atom is 0.274 e. The molecule has 10 nitrogen and oxygen atoms in total. The Morgan fingerprint density at radius 2 is 1.59 bits per heavy atom. The number of aryl methyl sites for hydroxylation is 1. The number of anilines is 1. The smallest absolute Gasteiger partial charge is 0.274 e. The standard InChI is InChI=1S/C41H50N6O4/c1-4-6-19-43(20-7-5-2)41(51)37-23-30(3)47(42-37)38-18-17-34(44-21-22-45(39(49)28-44)26-31-13-9-8-10-14-31)25-36(38)40(50)46-27-33-16-12-11-15-32(33)24-35(46)29-48/h8-18,23,25,35,48H,4-7,19-22,24,26-29H2,1-3H3. The molecule has 2 aliphatic rings. The van der Waals surface area contributed by atoms with E-state index in [1.54, 1.807) is 15.6 Å². The van der Waals surface area contributed by atoms with E-state index in [1.165, 1.54) is 0 Å². The fraction of sp³-hybridized carbons (Fsp3) is 0.415. The molecule has 6 rings (SSSR count). The summed E-state index contributed by atoms with van der Waals surface area (Å²) in [4.78, 5) is 49.4. The minimum absolute atomic E-state index is 0.0248. The van der Waals surface area contributed by atoms with Crippen LogP contribution < -0.4 is 4.90 Å². The lowest BCUT2D eigenvalue weighted by Crippen LogP contribution is -2.50. The van der Waals surface area contributed by atoms with Crippen molar-refractivity contribution in [3.8, 4) is 5.69 Å². The number of nitrogens with zero attached hydrogens (tertiary/aromatic N) is 6. The topological polar surface area (TPSA) is 102 Å². The quantitative estimate of drug-likeness (QED) is 0.195. The Morgan fingerprint density at radius 3 is 2.27 bits per heavy atom. The van der Waals surface area contributed by atoms with Crippen LogP contribution in [0.25, 0.3) is 5.69 Å². The molecule has 1 fully saturated rings. The Kier molecular flexibility index (Phi) is 11.5. The Bertz CT molecular complexity index is 1830. The third-order valence-electron chi connectivity index (χ3n) is 10.1. The first-order valence-electron chi connectivity index (χ1n) is 18.4. The molecule has 4 aromatic rings. The highest BCUT2D eigenvalue weighted by Crippen LogP contribution is 2.30. The summed E-state index contributed by atoms with van der Waals surface area (Å²) in [5, 5.41) is 15.3. The van der Waals surface area contributed by atoms with Gasteiger partial charge in [0.25, 0.3) is 11.8 Å². The van der Waals surface area contributed by atoms with E-state index in [9.17, 15) is 19.5 Å². The number of benzene rings is 3. The van der Waals surface area contributed by atoms with Crippen LogP contribution in [-0.2, 0) is 24.3 Å². The lowest BCUT2D eigenvalue weighted by molar-refractivity contribution is -0.131. The van der Waals surface area contributed by atoms with Gasteiger partial charge in [-0.3, -0.25) is 14.4 Å². The monoisotopic (exact) mass is 690 g/mol. The fourth-order valence-electron chi connectivity index (χ4n) is 7.12. The van der Waals surface area contributed by atoms with Gasteiger partial charge in [-0.05, 0) is 67.1 Å². The summed E-state index contributed by atoms with van der Waals surface area (Å²) in [7, 11) is 0. The van der Waals surface area contributed by atoms with Gasteiger partial charge in [-0.2, -0.15) is 5.10 Å². The van der Waals surface area contributed by atoms with Gasteiger partial charge in [0, 0.05) is 50.6 Å². The van der Waals surface area contributed by atoms with Crippen LogP contribution in [0.1, 0.15) is 82.8 Å². The zero-order valence-corrected chi connectivity index (χ0v) is 30.1. The first kappa shape index (κ1) is 35.9. The van der Waals surface area contributed by atoms with E-state index in [0.29, 0.717) is 62.6 Å². The number of piperazine rings is 1. The van der Waals surface area contributed by atoms with Gasteiger partial charge in [0.1, 0.15) is 0 Å². The molecule has 0 aliphatic carbocycles. The lowest BCUT2D eigenvalue weighted by Gasteiger charge is -2.37. The first-order valence-corrected chi connectivity index (χ1v) is 18.4. The van der Waals surface area contributed by atoms with Crippen molar-refractivity contribution in [2.45, 2.75) is 72.0 Å². The molecule has 1 N–H and O–H groups in total. The second-order valence-electron chi connectivity index (χ2n) is 13.7. The van der Waals surface area contributed by atoms with Crippen LogP contribution in [0.2, 0.25) is 0 Å². The summed E-state index contributed by atoms with van der Waals surface area (Å²) in [6.07, 6.45) is 4.37. The van der Waals surface area contributed by atoms with Gasteiger partial charge in [-0.1, -0.05) is 81.3 Å². The Labute approximate surface area is 301 Å². The molecule has 1 saturated heterocycles. The zero-order chi connectivity index (χ0) is 35.9. The van der Waals surface area contributed by atoms with E-state index in [2.05, 4.69) is 19.9 Å². The van der Waals surface area contributed by atoms with Crippen LogP contribution in [-0.4, -0.2) is 92.7 Å². The number of fused-ring (bicyclic) bond motifs is 1. The normalized spacial score (nSPS) is 16.0. The number of hydrogen-bond acceptors (Lipinski definition) is 6. The van der Waals surface area contributed by atoms with Crippen molar-refractivity contribution in [3.05, 3.63) is 113 Å². The van der Waals surface area contributed by atoms with E-state index < -0.39 is 6.04 Å². The van der Waals surface area contributed by atoms with E-state index in [-0.39, 0.29) is 30.9 Å². The van der Waals surface area contributed by atoms with Gasteiger partial charge in [0.2, 0.25) is 5.91 Å². The van der Waals surface area contributed by atoms with E-state index in [4.69, 9.17) is 5.10 Å². The Hall–Kier alpha value is -4.96. The predicted octanol–water partition coefficient (Wildman–Crippen LogP) is 5.63. The van der Waals surface area contributed by atoms with Crippen LogP contribution in [0.4, 0.5) is 5.69 Å². The molecule has 0 saturated carbocycles. The van der Waals surface area contributed by atoms with Gasteiger partial charge in [0.15, 0.2) is 5.69 Å². The molecule has 1 atom stereocenters. The molecule has 1 aromatic heterocycles. The highest BCUT2D eigenvalue weighted by atomic mass is 16.3. The molecule has 3 aromatic carbocycles. The van der Waals surface area contributed by atoms with Crippen molar-refractivity contribution in [2.24, 2.45) is 0 Å². The number of amides is 3. The lowest BCUT2D eigenvalue weighted by atomic mass is 9.93. The number of carbonyl (C=O) groups excluding carboxylic acids is 3. The molecule has 268 valence electrons. The molecule has 0 radical (unpaired) electrons. The first-order chi connectivity index (χ1) is 24.8. The Morgan fingerprint density at radius 1 is 0.882 bits per heavy atom. The molecule has 0 bridgehead atoms. The average molecular weight is 691 g/mol. The van der Waals surface area contributed by atoms with Gasteiger partial charge in [-0.25, -0.2) is 4.68 Å². The molecular formula is C41H50N6O4. The number of unbranched alkanes of at least 4 members (excludes halogenated alkanes) is 2. The third-order valence-corrected chi connectivity index (χ3v) is 10.1. The van der Waals surface area contributed by atoms with Crippen LogP contribution in [0.3, 0.4) is 0 Å². The molecule has 1 unspecified atom stereocenters. The minimum atomic E-state index is -0.395. The van der Waals surface area contributed by atoms with E-state index in [1.807, 2.05) is 88.4 Å². The van der Waals surface area contributed by atoms with Gasteiger partial charge in [-0.15, -0.1) is 0 Å². The summed E-state index contributed by atoms with van der Waals surface area (Å²) >= 11 is 0. The van der Waals surface area contributed by atoms with Crippen LogP contribution >= 0.6 is 0 Å². The summed E-state index contributed by atoms with van der Waals surface area (Å²) in [6.45, 7) is 9.61. The van der Waals surface area contributed by atoms with Crippen molar-refractivity contribution in [2.75, 3.05) is 44.2 Å². The maximum atomic E-state index is 14.7. The van der Waals surface area contributed by atoms with Crippen LogP contribution in [0.15, 0.2) is 78.9 Å². The SMILES string of the molecule is CCCCN(CCCC)C(=O)c1cc(C)n(-c2ccc(N3CCN(Cc4ccccc4)C(=O)C3)cc2C(=O)N2Cc3ccccc3CC2CO)n1. The number of aliphatic hydroxyl groups excluding tert-OH is 1. The summed E-state index contributed by atoms with van der Waals surface area (Å²) in [5.74, 6) is -0.315. The van der Waals surface area contributed by atoms with Gasteiger partial charge in [0.05, 0.1) is 30.4 Å². The number of rotatable bonds is 13. The highest BCUT2D eigenvalue weighted by molar-refractivity contribution is 6.00. The van der Waals surface area contributed by atoms with Crippen molar-refractivity contribution in [3.63, 3.8) is 0 Å². The van der Waals surface area contributed by atoms with Crippen molar-refractivity contribution in [1.82, 2.24) is 24.5 Å². The number of carbonyl (C=O) groups is 3. The second-order valence-corrected chi connectivity index (χ2v) is 13.7. The third kappa shape index (κ3) is 8.01. The van der Waals surface area contributed by atoms with E-state index >= 15 is 0 Å². The molecule has 0 spiro atoms. The number of aromatic nitrogens is 2. The number of aliphatic hydroxyl groups is 1. The highest BCUT2D eigenvalue weighted by Gasteiger charge is 2.33. The van der Waals surface area contributed by atoms with Gasteiger partial charge >= 0.3 is 0 Å². The number of hydrogen-bond donors (Lipinski definition) is 1. The fourth-order valence-corrected chi connectivity index (χ4v) is 7.12. The maximum absolute atomic E-state index is 14.7. The van der Waals surface area contributed by atoms with Crippen molar-refractivity contribution >= 4 is 23.4 Å². The van der Waals surface area contributed by atoms with Gasteiger partial charge < -0.3 is 24.7 Å². The molecule has 51 heavy (non-hydrogen) atoms. The van der Waals surface area contributed by atoms with E-state index in [0.717, 1.165) is 53.8 Å². The predicted molar refractivity (Wildman–Crippen MR) is 199 cm³/mol. The molecule has 3 amide bonds. The second kappa shape index (κ2) is 16.4. The summed E-state index contributed by atoms with van der Waals surface area (Å²) in [5.41, 5.74) is 6.07. The minimum Gasteiger partial charge on any atom is -0.394 e. The average Bonchev–Trinajstić information content (AvgIpc) is 3.55. The van der Waals surface area contributed by atoms with Crippen LogP contribution in [0, 0.1) is 6.92 Å². The largest absolute Gasteiger partial charge is 0.394 e. The van der Waals surface area contributed by atoms with Crippen molar-refractivity contribution in [1.29, 1.82) is 0 Å². The molecule has 2 aliphatic heterocycles. The zero-order valence-electron chi connectivity index (χ0n) is 30.1. The van der Waals surface area contributed by atoms with Crippen molar-refractivity contribution < 1.29 is 19.5 Å². The molecule has 10 heteroatoms. The summed E-state index contributed by atoms with van der Waals surface area (Å²) < 4.78 is 1.69. The Balaban J connectivity index is 1.34. The molecular weight excluding hydrogens is 640 g/mol. The van der Waals surface area contributed by atoms with Crippen LogP contribution in [0.5, 0.6) is 0 Å². The molecule has 3 heterocycles.